The highest BCUT2D eigenvalue weighted by atomic mass is 19.1. The number of carbonyl (C=O) groups excluding carboxylic acids is 1. The van der Waals surface area contributed by atoms with Crippen LogP contribution in [0.2, 0.25) is 0 Å². The molecule has 1 N–H and O–H groups in total. The summed E-state index contributed by atoms with van der Waals surface area (Å²) in [5, 5.41) is 11.1. The second-order valence-corrected chi connectivity index (χ2v) is 7.12. The van der Waals surface area contributed by atoms with Crippen LogP contribution in [-0.2, 0) is 10.3 Å². The zero-order valence-electron chi connectivity index (χ0n) is 13.7. The molecular formula is C18H23FN2O3. The van der Waals surface area contributed by atoms with Crippen LogP contribution in [0.15, 0.2) is 24.3 Å². The summed E-state index contributed by atoms with van der Waals surface area (Å²) >= 11 is 0. The van der Waals surface area contributed by atoms with Crippen molar-refractivity contribution in [3.63, 3.8) is 0 Å². The fourth-order valence-electron chi connectivity index (χ4n) is 4.45. The SMILES string of the molecule is O=C(N1CCOCC1)N1C2CCC1CC(O)(c1ccc(F)cc1)C2. The van der Waals surface area contributed by atoms with Gasteiger partial charge in [0.1, 0.15) is 5.82 Å². The van der Waals surface area contributed by atoms with Gasteiger partial charge in [0, 0.05) is 38.0 Å². The number of nitrogens with zero attached hydrogens (tertiary/aromatic N) is 2. The maximum Gasteiger partial charge on any atom is 0.320 e. The number of ether oxygens (including phenoxy) is 1. The van der Waals surface area contributed by atoms with E-state index < -0.39 is 5.60 Å². The number of morpholine rings is 1. The molecule has 3 saturated heterocycles. The van der Waals surface area contributed by atoms with Crippen LogP contribution in [0.1, 0.15) is 31.2 Å². The van der Waals surface area contributed by atoms with Gasteiger partial charge < -0.3 is 19.6 Å². The highest BCUT2D eigenvalue weighted by Gasteiger charge is 2.50. The second kappa shape index (κ2) is 6.01. The molecule has 6 heteroatoms. The Balaban J connectivity index is 1.52. The van der Waals surface area contributed by atoms with Crippen molar-refractivity contribution in [1.29, 1.82) is 0 Å². The van der Waals surface area contributed by atoms with Gasteiger partial charge in [-0.1, -0.05) is 12.1 Å². The van der Waals surface area contributed by atoms with Crippen molar-refractivity contribution in [2.45, 2.75) is 43.4 Å². The Morgan fingerprint density at radius 1 is 1.12 bits per heavy atom. The molecule has 3 aliphatic heterocycles. The maximum absolute atomic E-state index is 13.2. The van der Waals surface area contributed by atoms with E-state index in [4.69, 9.17) is 4.74 Å². The highest BCUT2D eigenvalue weighted by molar-refractivity contribution is 5.76. The summed E-state index contributed by atoms with van der Waals surface area (Å²) in [5.74, 6) is -0.301. The lowest BCUT2D eigenvalue weighted by Crippen LogP contribution is -2.57. The van der Waals surface area contributed by atoms with E-state index in [0.717, 1.165) is 18.4 Å². The Labute approximate surface area is 141 Å². The summed E-state index contributed by atoms with van der Waals surface area (Å²) in [5.41, 5.74) is -0.222. The van der Waals surface area contributed by atoms with Crippen LogP contribution in [0.25, 0.3) is 0 Å². The maximum atomic E-state index is 13.2. The molecule has 3 aliphatic rings. The van der Waals surface area contributed by atoms with Crippen molar-refractivity contribution in [3.05, 3.63) is 35.6 Å². The van der Waals surface area contributed by atoms with Crippen molar-refractivity contribution < 1.29 is 19.0 Å². The lowest BCUT2D eigenvalue weighted by atomic mass is 9.80. The zero-order chi connectivity index (χ0) is 16.7. The Bertz CT molecular complexity index is 601. The molecule has 2 atom stereocenters. The van der Waals surface area contributed by atoms with Crippen LogP contribution in [-0.4, -0.2) is 59.3 Å². The second-order valence-electron chi connectivity index (χ2n) is 7.12. The van der Waals surface area contributed by atoms with Crippen LogP contribution in [0.4, 0.5) is 9.18 Å². The summed E-state index contributed by atoms with van der Waals surface area (Å²) in [6.07, 6.45) is 2.88. The van der Waals surface area contributed by atoms with E-state index in [-0.39, 0.29) is 23.9 Å². The van der Waals surface area contributed by atoms with Gasteiger partial charge >= 0.3 is 6.03 Å². The molecule has 0 aromatic heterocycles. The van der Waals surface area contributed by atoms with Gasteiger partial charge in [0.15, 0.2) is 0 Å². The minimum absolute atomic E-state index is 0.0501. The van der Waals surface area contributed by atoms with E-state index in [1.165, 1.54) is 12.1 Å². The number of benzene rings is 1. The number of carbonyl (C=O) groups is 1. The molecule has 0 spiro atoms. The fraction of sp³-hybridized carbons (Fsp3) is 0.611. The number of rotatable bonds is 1. The minimum Gasteiger partial charge on any atom is -0.385 e. The molecule has 0 saturated carbocycles. The fourth-order valence-corrected chi connectivity index (χ4v) is 4.45. The van der Waals surface area contributed by atoms with Gasteiger partial charge in [-0.15, -0.1) is 0 Å². The number of halogens is 1. The molecule has 0 aliphatic carbocycles. The highest BCUT2D eigenvalue weighted by Crippen LogP contribution is 2.46. The molecule has 2 amide bonds. The van der Waals surface area contributed by atoms with Gasteiger partial charge in [-0.3, -0.25) is 0 Å². The van der Waals surface area contributed by atoms with Crippen molar-refractivity contribution >= 4 is 6.03 Å². The van der Waals surface area contributed by atoms with Gasteiger partial charge in [-0.05, 0) is 30.5 Å². The van der Waals surface area contributed by atoms with Gasteiger partial charge in [0.2, 0.25) is 0 Å². The van der Waals surface area contributed by atoms with Gasteiger partial charge in [-0.2, -0.15) is 0 Å². The molecule has 3 heterocycles. The molecular weight excluding hydrogens is 311 g/mol. The van der Waals surface area contributed by atoms with E-state index in [2.05, 4.69) is 0 Å². The van der Waals surface area contributed by atoms with E-state index in [1.807, 2.05) is 9.80 Å². The van der Waals surface area contributed by atoms with Crippen LogP contribution >= 0.6 is 0 Å². The molecule has 3 fully saturated rings. The van der Waals surface area contributed by atoms with Crippen LogP contribution in [0.3, 0.4) is 0 Å². The Morgan fingerprint density at radius 3 is 2.29 bits per heavy atom. The largest absolute Gasteiger partial charge is 0.385 e. The third-order valence-corrected chi connectivity index (χ3v) is 5.65. The molecule has 1 aromatic carbocycles. The minimum atomic E-state index is -0.971. The predicted molar refractivity (Wildman–Crippen MR) is 86.0 cm³/mol. The molecule has 2 unspecified atom stereocenters. The van der Waals surface area contributed by atoms with Crippen LogP contribution < -0.4 is 0 Å². The zero-order valence-corrected chi connectivity index (χ0v) is 13.7. The van der Waals surface area contributed by atoms with Gasteiger partial charge in [0.25, 0.3) is 0 Å². The first-order valence-corrected chi connectivity index (χ1v) is 8.70. The summed E-state index contributed by atoms with van der Waals surface area (Å²) in [6, 6.07) is 6.28. The topological polar surface area (TPSA) is 53.0 Å². The molecule has 130 valence electrons. The van der Waals surface area contributed by atoms with Crippen molar-refractivity contribution in [3.8, 4) is 0 Å². The van der Waals surface area contributed by atoms with Crippen molar-refractivity contribution in [1.82, 2.24) is 9.80 Å². The van der Waals surface area contributed by atoms with Gasteiger partial charge in [0.05, 0.1) is 18.8 Å². The van der Waals surface area contributed by atoms with E-state index in [1.54, 1.807) is 12.1 Å². The van der Waals surface area contributed by atoms with Crippen LogP contribution in [0.5, 0.6) is 0 Å². The number of aliphatic hydroxyl groups is 1. The summed E-state index contributed by atoms with van der Waals surface area (Å²) < 4.78 is 18.5. The van der Waals surface area contributed by atoms with E-state index in [9.17, 15) is 14.3 Å². The smallest absolute Gasteiger partial charge is 0.320 e. The molecule has 5 nitrogen and oxygen atoms in total. The van der Waals surface area contributed by atoms with Crippen molar-refractivity contribution in [2.24, 2.45) is 0 Å². The normalized spacial score (nSPS) is 32.9. The molecule has 4 rings (SSSR count). The molecule has 24 heavy (non-hydrogen) atoms. The van der Waals surface area contributed by atoms with Gasteiger partial charge in [-0.25, -0.2) is 9.18 Å². The number of hydrogen-bond donors (Lipinski definition) is 1. The molecule has 1 aromatic rings. The number of piperidine rings is 1. The molecule has 2 bridgehead atoms. The quantitative estimate of drug-likeness (QED) is 0.856. The summed E-state index contributed by atoms with van der Waals surface area (Å²) in [4.78, 5) is 16.7. The summed E-state index contributed by atoms with van der Waals surface area (Å²) in [6.45, 7) is 2.46. The number of urea groups is 1. The average molecular weight is 334 g/mol. The van der Waals surface area contributed by atoms with E-state index >= 15 is 0 Å². The number of fused-ring (bicyclic) bond motifs is 2. The average Bonchev–Trinajstić information content (AvgIpc) is 2.87. The first kappa shape index (κ1) is 15.8. The first-order chi connectivity index (χ1) is 11.6. The predicted octanol–water partition coefficient (Wildman–Crippen LogP) is 2.09. The lowest BCUT2D eigenvalue weighted by molar-refractivity contribution is -0.0506. The number of amides is 2. The first-order valence-electron chi connectivity index (χ1n) is 8.70. The number of hydrogen-bond acceptors (Lipinski definition) is 3. The summed E-state index contributed by atoms with van der Waals surface area (Å²) in [7, 11) is 0. The lowest BCUT2D eigenvalue weighted by Gasteiger charge is -2.46. The van der Waals surface area contributed by atoms with E-state index in [0.29, 0.717) is 39.1 Å². The monoisotopic (exact) mass is 334 g/mol. The Hall–Kier alpha value is -1.66. The molecule has 0 radical (unpaired) electrons. The Kier molecular flexibility index (Phi) is 3.96. The Morgan fingerprint density at radius 2 is 1.71 bits per heavy atom. The van der Waals surface area contributed by atoms with Crippen molar-refractivity contribution in [2.75, 3.05) is 26.3 Å². The third kappa shape index (κ3) is 2.67. The van der Waals surface area contributed by atoms with Crippen LogP contribution in [0, 0.1) is 5.82 Å². The third-order valence-electron chi connectivity index (χ3n) is 5.65. The standard InChI is InChI=1S/C18H23FN2O3/c19-14-3-1-13(2-4-14)18(23)11-15-5-6-16(12-18)21(15)17(22)20-7-9-24-10-8-20/h1-4,15-16,23H,5-12H2.